The molecule has 1 nitrogen and oxygen atoms in total. The van der Waals surface area contributed by atoms with Crippen molar-refractivity contribution in [1.29, 1.82) is 0 Å². The van der Waals surface area contributed by atoms with Crippen LogP contribution in [0.3, 0.4) is 0 Å². The fraction of sp³-hybridized carbons (Fsp3) is 0.846. The van der Waals surface area contributed by atoms with Gasteiger partial charge in [-0.25, -0.2) is 0 Å². The van der Waals surface area contributed by atoms with E-state index in [1.165, 1.54) is 0 Å². The summed E-state index contributed by atoms with van der Waals surface area (Å²) in [4.78, 5) is 0. The lowest BCUT2D eigenvalue weighted by atomic mass is 9.88. The van der Waals surface area contributed by atoms with Crippen LogP contribution in [0.1, 0.15) is 13.3 Å². The van der Waals surface area contributed by atoms with E-state index >= 15 is 0 Å². The Labute approximate surface area is 160 Å². The summed E-state index contributed by atoms with van der Waals surface area (Å²) in [6, 6.07) is 0. The number of rotatable bonds is 10. The largest absolute Gasteiger partial charge is 0.499 e. The van der Waals surface area contributed by atoms with Crippen LogP contribution in [0.5, 0.6) is 0 Å². The molecule has 0 unspecified atom stereocenters. The minimum Gasteiger partial charge on any atom is -0.499 e. The molecule has 0 spiro atoms. The van der Waals surface area contributed by atoms with Crippen molar-refractivity contribution in [1.82, 2.24) is 0 Å². The molecule has 0 rings (SSSR count). The summed E-state index contributed by atoms with van der Waals surface area (Å²) in [6.45, 7) is 2.07. The third kappa shape index (κ3) is 4.21. The predicted octanol–water partition coefficient (Wildman–Crippen LogP) is 6.94. The molecule has 0 atom stereocenters. The number of alkyl halides is 17. The predicted molar refractivity (Wildman–Crippen MR) is 66.1 cm³/mol. The Kier molecular flexibility index (Phi) is 7.33. The maximum absolute atomic E-state index is 13.4. The highest BCUT2D eigenvalue weighted by atomic mass is 19.4. The van der Waals surface area contributed by atoms with Gasteiger partial charge in [-0.2, -0.15) is 74.6 Å². The van der Waals surface area contributed by atoms with E-state index in [1.807, 2.05) is 0 Å². The Balaban J connectivity index is 6.46. The van der Waals surface area contributed by atoms with E-state index in [0.29, 0.717) is 0 Å². The Morgan fingerprint density at radius 3 is 1.13 bits per heavy atom. The molecule has 0 saturated carbocycles. The van der Waals surface area contributed by atoms with E-state index in [4.69, 9.17) is 0 Å². The summed E-state index contributed by atoms with van der Waals surface area (Å²) in [5.41, 5.74) is 0. The summed E-state index contributed by atoms with van der Waals surface area (Å²) in [7, 11) is 0. The molecule has 186 valence electrons. The van der Waals surface area contributed by atoms with E-state index in [9.17, 15) is 74.6 Å². The van der Waals surface area contributed by atoms with Crippen LogP contribution in [0.15, 0.2) is 12.3 Å². The zero-order valence-electron chi connectivity index (χ0n) is 14.5. The number of allylic oxidation sites excluding steroid dienone is 1. The van der Waals surface area contributed by atoms with Crippen LogP contribution < -0.4 is 0 Å². The molecule has 0 aromatic rings. The molecule has 0 aliphatic carbocycles. The van der Waals surface area contributed by atoms with Crippen LogP contribution in [0, 0.1) is 0 Å². The van der Waals surface area contributed by atoms with Gasteiger partial charge in [-0.1, -0.05) is 6.58 Å². The summed E-state index contributed by atoms with van der Waals surface area (Å²) < 4.78 is 224. The molecule has 0 aliphatic heterocycles. The van der Waals surface area contributed by atoms with Crippen LogP contribution in [-0.4, -0.2) is 54.2 Å². The van der Waals surface area contributed by atoms with Crippen molar-refractivity contribution < 1.29 is 79.4 Å². The van der Waals surface area contributed by atoms with Gasteiger partial charge in [0.05, 0.1) is 18.8 Å². The zero-order chi connectivity index (χ0) is 25.7. The molecule has 0 fully saturated rings. The molecule has 18 heteroatoms. The van der Waals surface area contributed by atoms with E-state index < -0.39 is 66.4 Å². The van der Waals surface area contributed by atoms with E-state index in [1.54, 1.807) is 0 Å². The average molecular weight is 504 g/mol. The Bertz CT molecular complexity index is 659. The van der Waals surface area contributed by atoms with Gasteiger partial charge < -0.3 is 4.74 Å². The van der Waals surface area contributed by atoms with Gasteiger partial charge in [0.2, 0.25) is 0 Å². The molecule has 0 radical (unpaired) electrons. The first-order valence-electron chi connectivity index (χ1n) is 7.16. The SMILES string of the molecule is C=C(C)OCCC(F)(F)C(F)(F)C(F)(F)C(F)(F)C(F)(F)C(F)(F)C(F)(F)C(F)(F)F. The van der Waals surface area contributed by atoms with Crippen molar-refractivity contribution >= 4 is 0 Å². The van der Waals surface area contributed by atoms with Crippen LogP contribution in [0.2, 0.25) is 0 Å². The summed E-state index contributed by atoms with van der Waals surface area (Å²) in [5.74, 6) is -56.7. The third-order valence-corrected chi connectivity index (χ3v) is 3.55. The van der Waals surface area contributed by atoms with Gasteiger partial charge in [0.1, 0.15) is 0 Å². The van der Waals surface area contributed by atoms with E-state index in [0.717, 1.165) is 6.92 Å². The molecule has 0 amide bonds. The second-order valence-corrected chi connectivity index (χ2v) is 5.95. The quantitative estimate of drug-likeness (QED) is 0.232. The number of hydrogen-bond acceptors (Lipinski definition) is 1. The molecule has 0 saturated heterocycles. The van der Waals surface area contributed by atoms with Crippen molar-refractivity contribution in [2.45, 2.75) is 61.0 Å². The molecule has 0 aromatic carbocycles. The lowest BCUT2D eigenvalue weighted by Gasteiger charge is -2.42. The van der Waals surface area contributed by atoms with Gasteiger partial charge in [0.15, 0.2) is 0 Å². The van der Waals surface area contributed by atoms with Gasteiger partial charge in [0, 0.05) is 0 Å². The molecule has 0 aromatic heterocycles. The van der Waals surface area contributed by atoms with Crippen molar-refractivity contribution in [3.63, 3.8) is 0 Å². The van der Waals surface area contributed by atoms with Gasteiger partial charge in [-0.3, -0.25) is 0 Å². The van der Waals surface area contributed by atoms with Crippen LogP contribution in [-0.2, 0) is 4.74 Å². The highest BCUT2D eigenvalue weighted by molar-refractivity contribution is 5.15. The molecule has 0 N–H and O–H groups in total. The second-order valence-electron chi connectivity index (χ2n) is 5.95. The molecular formula is C13H9F17O. The van der Waals surface area contributed by atoms with E-state index in [-0.39, 0.29) is 0 Å². The van der Waals surface area contributed by atoms with Crippen molar-refractivity contribution in [2.24, 2.45) is 0 Å². The summed E-state index contributed by atoms with van der Waals surface area (Å²) in [6.07, 6.45) is -10.4. The van der Waals surface area contributed by atoms with Gasteiger partial charge in [-0.15, -0.1) is 0 Å². The number of halogens is 17. The van der Waals surface area contributed by atoms with Gasteiger partial charge in [-0.05, 0) is 6.92 Å². The first-order valence-corrected chi connectivity index (χ1v) is 7.16. The minimum absolute atomic E-state index is 0.517. The van der Waals surface area contributed by atoms with Crippen molar-refractivity contribution in [3.8, 4) is 0 Å². The molecule has 0 bridgehead atoms. The fourth-order valence-corrected chi connectivity index (χ4v) is 1.71. The lowest BCUT2D eigenvalue weighted by molar-refractivity contribution is -0.461. The Hall–Kier alpha value is -1.65. The highest BCUT2D eigenvalue weighted by Gasteiger charge is 2.95. The molecule has 0 heterocycles. The monoisotopic (exact) mass is 504 g/mol. The van der Waals surface area contributed by atoms with Crippen LogP contribution in [0.4, 0.5) is 74.6 Å². The third-order valence-electron chi connectivity index (χ3n) is 3.55. The van der Waals surface area contributed by atoms with Gasteiger partial charge >= 0.3 is 47.6 Å². The maximum Gasteiger partial charge on any atom is 0.460 e. The minimum atomic E-state index is -8.61. The normalized spacial score (nSPS) is 15.8. The maximum atomic E-state index is 13.4. The van der Waals surface area contributed by atoms with Crippen molar-refractivity contribution in [2.75, 3.05) is 6.61 Å². The zero-order valence-corrected chi connectivity index (χ0v) is 14.5. The summed E-state index contributed by atoms with van der Waals surface area (Å²) >= 11 is 0. The topological polar surface area (TPSA) is 9.23 Å². The van der Waals surface area contributed by atoms with Crippen LogP contribution >= 0.6 is 0 Å². The highest BCUT2D eigenvalue weighted by Crippen LogP contribution is 2.64. The standard InChI is InChI=1S/C13H9F17O/c1-5(2)31-4-3-6(14,15)7(16,17)8(18,19)9(20,21)10(22,23)11(24,25)12(26,27)13(28,29)30/h1,3-4H2,2H3. The fourth-order valence-electron chi connectivity index (χ4n) is 1.71. The van der Waals surface area contributed by atoms with Crippen molar-refractivity contribution in [3.05, 3.63) is 12.3 Å². The average Bonchev–Trinajstić information content (AvgIpc) is 2.51. The molecule has 0 aliphatic rings. The molecular weight excluding hydrogens is 495 g/mol. The number of hydrogen-bond donors (Lipinski definition) is 0. The summed E-state index contributed by atoms with van der Waals surface area (Å²) in [5, 5.41) is 0. The van der Waals surface area contributed by atoms with E-state index in [2.05, 4.69) is 11.3 Å². The number of ether oxygens (including phenoxy) is 1. The van der Waals surface area contributed by atoms with Crippen LogP contribution in [0.25, 0.3) is 0 Å². The Morgan fingerprint density at radius 2 is 0.839 bits per heavy atom. The van der Waals surface area contributed by atoms with Gasteiger partial charge in [0.25, 0.3) is 0 Å². The Morgan fingerprint density at radius 1 is 0.548 bits per heavy atom. The smallest absolute Gasteiger partial charge is 0.460 e. The lowest BCUT2D eigenvalue weighted by Crippen LogP contribution is -2.74. The first kappa shape index (κ1) is 29.3. The first-order chi connectivity index (χ1) is 13.2. The second kappa shape index (κ2) is 7.74. The molecule has 31 heavy (non-hydrogen) atoms.